The molecule has 0 radical (unpaired) electrons. The molecular weight excluding hydrogens is 381 g/mol. The molecule has 1 fully saturated rings. The summed E-state index contributed by atoms with van der Waals surface area (Å²) in [7, 11) is 0. The maximum atomic E-state index is 13.2. The average molecular weight is 408 g/mol. The average Bonchev–Trinajstić information content (AvgIpc) is 3.23. The van der Waals surface area contributed by atoms with Crippen molar-refractivity contribution in [3.63, 3.8) is 0 Å². The number of hydrogen-bond donors (Lipinski definition) is 0. The minimum absolute atomic E-state index is 0.189. The van der Waals surface area contributed by atoms with Gasteiger partial charge >= 0.3 is 0 Å². The minimum atomic E-state index is -0.189. The summed E-state index contributed by atoms with van der Waals surface area (Å²) in [6, 6.07) is 11.1. The highest BCUT2D eigenvalue weighted by Crippen LogP contribution is 2.32. The van der Waals surface area contributed by atoms with E-state index < -0.39 is 0 Å². The number of hydrogen-bond acceptors (Lipinski definition) is 4. The molecule has 1 saturated carbocycles. The van der Waals surface area contributed by atoms with Crippen LogP contribution in [0.15, 0.2) is 42.6 Å². The highest BCUT2D eigenvalue weighted by atomic mass is 32.1. The van der Waals surface area contributed by atoms with Gasteiger partial charge in [-0.05, 0) is 42.7 Å². The van der Waals surface area contributed by atoms with Crippen molar-refractivity contribution in [1.82, 2.24) is 14.9 Å². The second-order valence-electron chi connectivity index (χ2n) is 8.27. The summed E-state index contributed by atoms with van der Waals surface area (Å²) in [5.41, 5.74) is 3.62. The lowest BCUT2D eigenvalue weighted by atomic mass is 9.88. The Balaban J connectivity index is 1.25. The Labute approximate surface area is 175 Å². The molecule has 29 heavy (non-hydrogen) atoms. The van der Waals surface area contributed by atoms with E-state index in [2.05, 4.69) is 23.2 Å². The Bertz CT molecular complexity index is 976. The van der Waals surface area contributed by atoms with E-state index in [-0.39, 0.29) is 5.82 Å². The standard InChI is InChI=1S/C24H26FN3S/c25-20-8-6-17(7-9-20)23-11-10-21(29-23)16-28-13-12-22-19(15-28)14-26-24(27-22)18-4-2-1-3-5-18/h6-11,14,18H,1-5,12-13,15-16H2. The summed E-state index contributed by atoms with van der Waals surface area (Å²) >= 11 is 1.79. The van der Waals surface area contributed by atoms with Crippen LogP contribution in [0.4, 0.5) is 4.39 Å². The Morgan fingerprint density at radius 3 is 2.69 bits per heavy atom. The second kappa shape index (κ2) is 8.33. The van der Waals surface area contributed by atoms with Crippen LogP contribution >= 0.6 is 11.3 Å². The van der Waals surface area contributed by atoms with E-state index in [0.29, 0.717) is 5.92 Å². The van der Waals surface area contributed by atoms with Crippen LogP contribution in [0, 0.1) is 5.82 Å². The summed E-state index contributed by atoms with van der Waals surface area (Å²) in [5, 5.41) is 0. The number of benzene rings is 1. The zero-order valence-corrected chi connectivity index (χ0v) is 17.4. The molecule has 1 aliphatic carbocycles. The van der Waals surface area contributed by atoms with Crippen LogP contribution in [0.2, 0.25) is 0 Å². The monoisotopic (exact) mass is 407 g/mol. The fourth-order valence-electron chi connectivity index (χ4n) is 4.54. The van der Waals surface area contributed by atoms with Crippen molar-refractivity contribution in [2.75, 3.05) is 6.54 Å². The SMILES string of the molecule is Fc1ccc(-c2ccc(CN3CCc4nc(C5CCCCC5)ncc4C3)s2)cc1. The third-order valence-corrected chi connectivity index (χ3v) is 7.29. The molecule has 0 saturated heterocycles. The number of fused-ring (bicyclic) bond motifs is 1. The molecule has 1 aromatic carbocycles. The molecule has 5 heteroatoms. The van der Waals surface area contributed by atoms with Crippen LogP contribution < -0.4 is 0 Å². The van der Waals surface area contributed by atoms with Crippen LogP contribution in [0.3, 0.4) is 0 Å². The van der Waals surface area contributed by atoms with Gasteiger partial charge in [-0.3, -0.25) is 4.90 Å². The van der Waals surface area contributed by atoms with Gasteiger partial charge in [-0.15, -0.1) is 11.3 Å². The maximum Gasteiger partial charge on any atom is 0.131 e. The Kier molecular flexibility index (Phi) is 5.42. The first-order valence-corrected chi connectivity index (χ1v) is 11.5. The van der Waals surface area contributed by atoms with Crippen molar-refractivity contribution in [3.8, 4) is 10.4 Å². The number of nitrogens with zero attached hydrogens (tertiary/aromatic N) is 3. The molecule has 2 aliphatic rings. The molecule has 3 heterocycles. The molecule has 2 aromatic heterocycles. The lowest BCUT2D eigenvalue weighted by Gasteiger charge is -2.28. The van der Waals surface area contributed by atoms with Gasteiger partial charge in [0.25, 0.3) is 0 Å². The third-order valence-electron chi connectivity index (χ3n) is 6.17. The molecule has 3 nitrogen and oxygen atoms in total. The third kappa shape index (κ3) is 4.26. The van der Waals surface area contributed by atoms with Crippen LogP contribution in [-0.4, -0.2) is 21.4 Å². The first kappa shape index (κ1) is 18.9. The Hall–Kier alpha value is -2.11. The van der Waals surface area contributed by atoms with Crippen molar-refractivity contribution in [2.24, 2.45) is 0 Å². The number of halogens is 1. The number of rotatable bonds is 4. The lowest BCUT2D eigenvalue weighted by molar-refractivity contribution is 0.244. The molecule has 0 spiro atoms. The number of aromatic nitrogens is 2. The van der Waals surface area contributed by atoms with Crippen LogP contribution in [0.5, 0.6) is 0 Å². The molecule has 1 aliphatic heterocycles. The Morgan fingerprint density at radius 1 is 1.03 bits per heavy atom. The van der Waals surface area contributed by atoms with Crippen molar-refractivity contribution in [3.05, 3.63) is 70.4 Å². The summed E-state index contributed by atoms with van der Waals surface area (Å²) in [6.07, 6.45) is 9.59. The van der Waals surface area contributed by atoms with E-state index in [9.17, 15) is 4.39 Å². The van der Waals surface area contributed by atoms with Crippen LogP contribution in [0.1, 0.15) is 60.0 Å². The van der Waals surface area contributed by atoms with E-state index >= 15 is 0 Å². The normalized spacial score (nSPS) is 18.0. The largest absolute Gasteiger partial charge is 0.293 e. The van der Waals surface area contributed by atoms with E-state index in [0.717, 1.165) is 37.4 Å². The minimum Gasteiger partial charge on any atom is -0.293 e. The van der Waals surface area contributed by atoms with Gasteiger partial charge < -0.3 is 0 Å². The van der Waals surface area contributed by atoms with Gasteiger partial charge in [0.05, 0.1) is 0 Å². The molecule has 0 unspecified atom stereocenters. The van der Waals surface area contributed by atoms with Crippen molar-refractivity contribution < 1.29 is 4.39 Å². The summed E-state index contributed by atoms with van der Waals surface area (Å²) in [4.78, 5) is 14.7. The van der Waals surface area contributed by atoms with Gasteiger partial charge in [-0.1, -0.05) is 31.4 Å². The van der Waals surface area contributed by atoms with E-state index in [4.69, 9.17) is 9.97 Å². The molecule has 5 rings (SSSR count). The lowest BCUT2D eigenvalue weighted by Crippen LogP contribution is -2.31. The molecule has 0 bridgehead atoms. The second-order valence-corrected chi connectivity index (χ2v) is 9.44. The topological polar surface area (TPSA) is 29.0 Å². The van der Waals surface area contributed by atoms with Gasteiger partial charge in [0.1, 0.15) is 11.6 Å². The smallest absolute Gasteiger partial charge is 0.131 e. The zero-order valence-electron chi connectivity index (χ0n) is 16.6. The quantitative estimate of drug-likeness (QED) is 0.535. The first-order valence-electron chi connectivity index (χ1n) is 10.7. The Morgan fingerprint density at radius 2 is 1.86 bits per heavy atom. The fourth-order valence-corrected chi connectivity index (χ4v) is 5.59. The van der Waals surface area contributed by atoms with E-state index in [1.807, 2.05) is 12.1 Å². The fraction of sp³-hybridized carbons (Fsp3) is 0.417. The molecule has 3 aromatic rings. The summed E-state index contributed by atoms with van der Waals surface area (Å²) < 4.78 is 13.2. The van der Waals surface area contributed by atoms with Crippen molar-refractivity contribution in [1.29, 1.82) is 0 Å². The number of thiophene rings is 1. The maximum absolute atomic E-state index is 13.2. The van der Waals surface area contributed by atoms with Gasteiger partial charge in [-0.2, -0.15) is 0 Å². The highest BCUT2D eigenvalue weighted by molar-refractivity contribution is 7.15. The molecule has 0 atom stereocenters. The van der Waals surface area contributed by atoms with Crippen LogP contribution in [-0.2, 0) is 19.5 Å². The summed E-state index contributed by atoms with van der Waals surface area (Å²) in [5.74, 6) is 1.47. The van der Waals surface area contributed by atoms with Crippen molar-refractivity contribution in [2.45, 2.75) is 57.5 Å². The van der Waals surface area contributed by atoms with Crippen molar-refractivity contribution >= 4 is 11.3 Å². The predicted octanol–water partition coefficient (Wildman–Crippen LogP) is 5.95. The van der Waals surface area contributed by atoms with E-state index in [1.54, 1.807) is 11.3 Å². The zero-order chi connectivity index (χ0) is 19.6. The molecular formula is C24H26FN3S. The van der Waals surface area contributed by atoms with Gasteiger partial charge in [0, 0.05) is 59.2 Å². The van der Waals surface area contributed by atoms with Gasteiger partial charge in [0.2, 0.25) is 0 Å². The van der Waals surface area contributed by atoms with Gasteiger partial charge in [0.15, 0.2) is 0 Å². The first-order chi connectivity index (χ1) is 14.2. The molecule has 150 valence electrons. The highest BCUT2D eigenvalue weighted by Gasteiger charge is 2.23. The van der Waals surface area contributed by atoms with E-state index in [1.165, 1.54) is 65.2 Å². The molecule has 0 amide bonds. The predicted molar refractivity (Wildman–Crippen MR) is 115 cm³/mol. The molecule has 0 N–H and O–H groups in total. The van der Waals surface area contributed by atoms with Crippen LogP contribution in [0.25, 0.3) is 10.4 Å². The summed E-state index contributed by atoms with van der Waals surface area (Å²) in [6.45, 7) is 2.90. The van der Waals surface area contributed by atoms with Gasteiger partial charge in [-0.25, -0.2) is 14.4 Å².